The predicted molar refractivity (Wildman–Crippen MR) is 122 cm³/mol. The Hall–Kier alpha value is -3.05. The molecule has 0 atom stereocenters. The largest absolute Gasteiger partial charge is 0.307 e. The van der Waals surface area contributed by atoms with Crippen LogP contribution in [0.1, 0.15) is 39.9 Å². The quantitative estimate of drug-likeness (QED) is 0.548. The van der Waals surface area contributed by atoms with Crippen LogP contribution in [-0.4, -0.2) is 30.4 Å². The second-order valence-corrected chi connectivity index (χ2v) is 9.11. The number of nitrogens with zero attached hydrogens (tertiary/aromatic N) is 2. The number of carbonyl (C=O) groups is 1. The van der Waals surface area contributed by atoms with Gasteiger partial charge in [-0.15, -0.1) is 0 Å². The molecule has 2 aliphatic rings. The first-order chi connectivity index (χ1) is 15.4. The van der Waals surface area contributed by atoms with Gasteiger partial charge in [0.15, 0.2) is 0 Å². The van der Waals surface area contributed by atoms with E-state index in [-0.39, 0.29) is 17.1 Å². The molecule has 3 nitrogen and oxygen atoms in total. The highest BCUT2D eigenvalue weighted by Gasteiger charge is 2.46. The normalized spacial score (nSPS) is 17.5. The van der Waals surface area contributed by atoms with Crippen molar-refractivity contribution in [3.63, 3.8) is 0 Å². The van der Waals surface area contributed by atoms with E-state index in [1.807, 2.05) is 0 Å². The monoisotopic (exact) mass is 432 g/mol. The van der Waals surface area contributed by atoms with Crippen molar-refractivity contribution in [2.45, 2.75) is 31.7 Å². The predicted octanol–water partition coefficient (Wildman–Crippen LogP) is 5.47. The average Bonchev–Trinajstić information content (AvgIpc) is 3.10. The van der Waals surface area contributed by atoms with Gasteiger partial charge >= 0.3 is 0 Å². The van der Waals surface area contributed by atoms with E-state index in [1.165, 1.54) is 29.3 Å². The Kier molecular flexibility index (Phi) is 5.30. The molecule has 5 heteroatoms. The van der Waals surface area contributed by atoms with E-state index < -0.39 is 5.82 Å². The lowest BCUT2D eigenvalue weighted by molar-refractivity contribution is 0.0975. The summed E-state index contributed by atoms with van der Waals surface area (Å²) in [5.74, 6) is -0.963. The molecule has 3 aromatic rings. The van der Waals surface area contributed by atoms with Gasteiger partial charge < -0.3 is 4.90 Å². The number of aryl methyl sites for hydroxylation is 1. The maximum atomic E-state index is 14.2. The molecular formula is C27H26F2N2O. The number of hydrogen-bond donors (Lipinski definition) is 0. The molecule has 32 heavy (non-hydrogen) atoms. The minimum Gasteiger partial charge on any atom is -0.307 e. The van der Waals surface area contributed by atoms with E-state index in [9.17, 15) is 13.6 Å². The number of anilines is 1. The molecule has 1 fully saturated rings. The third-order valence-electron chi connectivity index (χ3n) is 6.94. The van der Waals surface area contributed by atoms with Crippen LogP contribution in [0.5, 0.6) is 0 Å². The van der Waals surface area contributed by atoms with E-state index in [0.717, 1.165) is 43.7 Å². The molecule has 5 rings (SSSR count). The van der Waals surface area contributed by atoms with Gasteiger partial charge in [0.1, 0.15) is 11.6 Å². The first kappa shape index (κ1) is 20.8. The van der Waals surface area contributed by atoms with Crippen molar-refractivity contribution in [1.82, 2.24) is 4.90 Å². The fourth-order valence-corrected chi connectivity index (χ4v) is 5.12. The van der Waals surface area contributed by atoms with Gasteiger partial charge in [0, 0.05) is 29.8 Å². The summed E-state index contributed by atoms with van der Waals surface area (Å²) in [5.41, 5.74) is 4.22. The molecule has 1 amide bonds. The Bertz CT molecular complexity index is 1150. The Morgan fingerprint density at radius 2 is 1.66 bits per heavy atom. The molecule has 0 N–H and O–H groups in total. The number of piperidine rings is 1. The van der Waals surface area contributed by atoms with Gasteiger partial charge in [0.2, 0.25) is 0 Å². The van der Waals surface area contributed by atoms with Crippen LogP contribution in [0.3, 0.4) is 0 Å². The van der Waals surface area contributed by atoms with Crippen LogP contribution in [0.15, 0.2) is 66.7 Å². The molecule has 3 aromatic carbocycles. The fourth-order valence-electron chi connectivity index (χ4n) is 5.12. The lowest BCUT2D eigenvalue weighted by Gasteiger charge is -2.40. The van der Waals surface area contributed by atoms with Crippen LogP contribution in [0, 0.1) is 18.6 Å². The highest BCUT2D eigenvalue weighted by atomic mass is 19.1. The molecule has 1 saturated heterocycles. The summed E-state index contributed by atoms with van der Waals surface area (Å²) in [6.07, 6.45) is 1.70. The van der Waals surface area contributed by atoms with Crippen LogP contribution in [0.4, 0.5) is 14.5 Å². The number of hydrogen-bond acceptors (Lipinski definition) is 2. The van der Waals surface area contributed by atoms with E-state index >= 15 is 0 Å². The standard InChI is InChI=1S/C27H26F2N2O/c1-19-5-7-20(8-6-19)17-30-13-11-27(12-14-30)18-31(25-10-9-23(29)16-24(25)27)26(32)21-3-2-4-22(28)15-21/h2-10,15-16H,11-14,17-18H2,1H3. The number of fused-ring (bicyclic) bond motifs is 2. The summed E-state index contributed by atoms with van der Waals surface area (Å²) in [6.45, 7) is 5.23. The third-order valence-corrected chi connectivity index (χ3v) is 6.94. The molecule has 2 heterocycles. The maximum absolute atomic E-state index is 14.2. The molecule has 164 valence electrons. The van der Waals surface area contributed by atoms with E-state index in [0.29, 0.717) is 12.1 Å². The van der Waals surface area contributed by atoms with E-state index in [4.69, 9.17) is 0 Å². The summed E-state index contributed by atoms with van der Waals surface area (Å²) < 4.78 is 28.0. The zero-order valence-electron chi connectivity index (χ0n) is 18.2. The fraction of sp³-hybridized carbons (Fsp3) is 0.296. The minimum atomic E-state index is -0.437. The van der Waals surface area contributed by atoms with Crippen molar-refractivity contribution in [2.75, 3.05) is 24.5 Å². The summed E-state index contributed by atoms with van der Waals surface area (Å²) >= 11 is 0. The van der Waals surface area contributed by atoms with Gasteiger partial charge in [-0.25, -0.2) is 8.78 Å². The zero-order chi connectivity index (χ0) is 22.3. The number of amides is 1. The average molecular weight is 433 g/mol. The highest BCUT2D eigenvalue weighted by Crippen LogP contribution is 2.47. The van der Waals surface area contributed by atoms with Crippen molar-refractivity contribution in [3.8, 4) is 0 Å². The molecular weight excluding hydrogens is 406 g/mol. The Morgan fingerprint density at radius 1 is 0.938 bits per heavy atom. The highest BCUT2D eigenvalue weighted by molar-refractivity contribution is 6.07. The van der Waals surface area contributed by atoms with Crippen LogP contribution in [0.25, 0.3) is 0 Å². The number of likely N-dealkylation sites (tertiary alicyclic amines) is 1. The summed E-state index contributed by atoms with van der Waals surface area (Å²) in [7, 11) is 0. The summed E-state index contributed by atoms with van der Waals surface area (Å²) in [6, 6.07) is 19.0. The van der Waals surface area contributed by atoms with Gasteiger partial charge in [-0.3, -0.25) is 9.69 Å². The Morgan fingerprint density at radius 3 is 2.38 bits per heavy atom. The van der Waals surface area contributed by atoms with Crippen LogP contribution >= 0.6 is 0 Å². The van der Waals surface area contributed by atoms with Crippen molar-refractivity contribution in [2.24, 2.45) is 0 Å². The maximum Gasteiger partial charge on any atom is 0.258 e. The van der Waals surface area contributed by atoms with Crippen molar-refractivity contribution >= 4 is 11.6 Å². The van der Waals surface area contributed by atoms with Crippen molar-refractivity contribution < 1.29 is 13.6 Å². The molecule has 0 bridgehead atoms. The molecule has 2 aliphatic heterocycles. The molecule has 0 unspecified atom stereocenters. The number of rotatable bonds is 3. The van der Waals surface area contributed by atoms with E-state index in [2.05, 4.69) is 36.1 Å². The van der Waals surface area contributed by atoms with E-state index in [1.54, 1.807) is 29.2 Å². The third kappa shape index (κ3) is 3.82. The van der Waals surface area contributed by atoms with Gasteiger partial charge in [0.05, 0.1) is 0 Å². The Labute approximate surface area is 187 Å². The zero-order valence-corrected chi connectivity index (χ0v) is 18.2. The Balaban J connectivity index is 1.38. The smallest absolute Gasteiger partial charge is 0.258 e. The van der Waals surface area contributed by atoms with Crippen molar-refractivity contribution in [1.29, 1.82) is 0 Å². The molecule has 1 spiro atoms. The van der Waals surface area contributed by atoms with Crippen molar-refractivity contribution in [3.05, 3.63) is 101 Å². The minimum absolute atomic E-state index is 0.240. The molecule has 0 aliphatic carbocycles. The second kappa shape index (κ2) is 8.14. The van der Waals surface area contributed by atoms with Gasteiger partial charge in [-0.1, -0.05) is 35.9 Å². The number of halogens is 2. The van der Waals surface area contributed by atoms with Gasteiger partial charge in [-0.2, -0.15) is 0 Å². The SMILES string of the molecule is Cc1ccc(CN2CCC3(CC2)CN(C(=O)c2cccc(F)c2)c2ccc(F)cc23)cc1. The lowest BCUT2D eigenvalue weighted by atomic mass is 9.74. The molecule has 0 saturated carbocycles. The van der Waals surface area contributed by atoms with Crippen LogP contribution < -0.4 is 4.90 Å². The van der Waals surface area contributed by atoms with Gasteiger partial charge in [0.25, 0.3) is 5.91 Å². The first-order valence-corrected chi connectivity index (χ1v) is 11.1. The topological polar surface area (TPSA) is 23.6 Å². The van der Waals surface area contributed by atoms with Crippen LogP contribution in [-0.2, 0) is 12.0 Å². The first-order valence-electron chi connectivity index (χ1n) is 11.1. The second-order valence-electron chi connectivity index (χ2n) is 9.11. The van der Waals surface area contributed by atoms with Crippen LogP contribution in [0.2, 0.25) is 0 Å². The van der Waals surface area contributed by atoms with Gasteiger partial charge in [-0.05, 0) is 80.4 Å². The summed E-state index contributed by atoms with van der Waals surface area (Å²) in [4.78, 5) is 17.4. The molecule has 0 radical (unpaired) electrons. The molecule has 0 aromatic heterocycles. The summed E-state index contributed by atoms with van der Waals surface area (Å²) in [5, 5.41) is 0. The number of benzene rings is 3. The number of carbonyl (C=O) groups excluding carboxylic acids is 1. The lowest BCUT2D eigenvalue weighted by Crippen LogP contribution is -2.45.